The monoisotopic (exact) mass is 442 g/mol. The Kier molecular flexibility index (Phi) is 6.95. The van der Waals surface area contributed by atoms with Gasteiger partial charge >= 0.3 is 0 Å². The molecule has 0 aliphatic heterocycles. The van der Waals surface area contributed by atoms with Crippen LogP contribution in [0, 0.1) is 12.7 Å². The van der Waals surface area contributed by atoms with E-state index < -0.39 is 0 Å². The number of nitrogens with one attached hydrogen (secondary N) is 1. The standard InChI is InChI=1S/C27H23FN2O3/c1-19-6-2-5-9-25(19)33-18-27(31)30-29-16-24-23-8-4-3-7-21(23)12-15-26(24)32-17-20-10-13-22(28)14-11-20/h2-16H,17-18H2,1H3,(H,30,31)/b29-16-. The smallest absolute Gasteiger partial charge is 0.277 e. The molecule has 0 saturated carbocycles. The molecule has 6 heteroatoms. The van der Waals surface area contributed by atoms with Crippen molar-refractivity contribution in [2.45, 2.75) is 13.5 Å². The largest absolute Gasteiger partial charge is 0.488 e. The zero-order valence-corrected chi connectivity index (χ0v) is 18.1. The normalized spacial score (nSPS) is 11.0. The number of hydrogen-bond donors (Lipinski definition) is 1. The van der Waals surface area contributed by atoms with Crippen molar-refractivity contribution in [1.82, 2.24) is 5.43 Å². The van der Waals surface area contributed by atoms with Crippen molar-refractivity contribution < 1.29 is 18.7 Å². The van der Waals surface area contributed by atoms with E-state index in [2.05, 4.69) is 10.5 Å². The van der Waals surface area contributed by atoms with Crippen molar-refractivity contribution in [1.29, 1.82) is 0 Å². The van der Waals surface area contributed by atoms with Crippen LogP contribution in [-0.4, -0.2) is 18.7 Å². The SMILES string of the molecule is Cc1ccccc1OCC(=O)N/N=C\c1c(OCc2ccc(F)cc2)ccc2ccccc12. The third-order valence-electron chi connectivity index (χ3n) is 5.07. The number of aryl methyl sites for hydroxylation is 1. The van der Waals surface area contributed by atoms with E-state index in [0.717, 1.165) is 27.5 Å². The Bertz CT molecular complexity index is 1290. The summed E-state index contributed by atoms with van der Waals surface area (Å²) < 4.78 is 24.7. The lowest BCUT2D eigenvalue weighted by molar-refractivity contribution is -0.123. The minimum absolute atomic E-state index is 0.147. The summed E-state index contributed by atoms with van der Waals surface area (Å²) in [5, 5.41) is 6.07. The molecule has 1 N–H and O–H groups in total. The van der Waals surface area contributed by atoms with Crippen molar-refractivity contribution >= 4 is 22.9 Å². The van der Waals surface area contributed by atoms with Gasteiger partial charge in [-0.25, -0.2) is 9.82 Å². The van der Waals surface area contributed by atoms with Crippen molar-refractivity contribution in [3.05, 3.63) is 107 Å². The molecule has 0 heterocycles. The van der Waals surface area contributed by atoms with Crippen LogP contribution in [0.1, 0.15) is 16.7 Å². The van der Waals surface area contributed by atoms with Gasteiger partial charge in [-0.2, -0.15) is 5.10 Å². The van der Waals surface area contributed by atoms with E-state index in [9.17, 15) is 9.18 Å². The highest BCUT2D eigenvalue weighted by Crippen LogP contribution is 2.27. The number of hydrazone groups is 1. The number of benzene rings is 4. The fraction of sp³-hybridized carbons (Fsp3) is 0.111. The molecule has 4 rings (SSSR count). The third kappa shape index (κ3) is 5.74. The Hall–Kier alpha value is -4.19. The number of nitrogens with zero attached hydrogens (tertiary/aromatic N) is 1. The highest BCUT2D eigenvalue weighted by Gasteiger charge is 2.09. The summed E-state index contributed by atoms with van der Waals surface area (Å²) in [5.74, 6) is 0.595. The van der Waals surface area contributed by atoms with E-state index in [1.54, 1.807) is 18.3 Å². The van der Waals surface area contributed by atoms with Crippen LogP contribution in [0.15, 0.2) is 90.0 Å². The predicted molar refractivity (Wildman–Crippen MR) is 127 cm³/mol. The molecule has 0 atom stereocenters. The number of fused-ring (bicyclic) bond motifs is 1. The van der Waals surface area contributed by atoms with E-state index in [0.29, 0.717) is 11.5 Å². The van der Waals surface area contributed by atoms with E-state index in [1.807, 2.05) is 67.6 Å². The Morgan fingerprint density at radius 2 is 1.67 bits per heavy atom. The van der Waals surface area contributed by atoms with Gasteiger partial charge in [-0.3, -0.25) is 4.79 Å². The summed E-state index contributed by atoms with van der Waals surface area (Å²) in [7, 11) is 0. The molecule has 1 amide bonds. The van der Waals surface area contributed by atoms with Gasteiger partial charge in [-0.15, -0.1) is 0 Å². The third-order valence-corrected chi connectivity index (χ3v) is 5.07. The zero-order valence-electron chi connectivity index (χ0n) is 18.1. The highest BCUT2D eigenvalue weighted by atomic mass is 19.1. The number of amides is 1. The van der Waals surface area contributed by atoms with Crippen LogP contribution < -0.4 is 14.9 Å². The Morgan fingerprint density at radius 1 is 0.909 bits per heavy atom. The van der Waals surface area contributed by atoms with Crippen molar-refractivity contribution in [2.24, 2.45) is 5.10 Å². The number of ether oxygens (including phenoxy) is 2. The fourth-order valence-corrected chi connectivity index (χ4v) is 3.34. The molecule has 0 saturated heterocycles. The topological polar surface area (TPSA) is 59.9 Å². The van der Waals surface area contributed by atoms with E-state index >= 15 is 0 Å². The van der Waals surface area contributed by atoms with Crippen molar-refractivity contribution in [3.8, 4) is 11.5 Å². The van der Waals surface area contributed by atoms with Gasteiger partial charge in [0.25, 0.3) is 5.91 Å². The first kappa shape index (κ1) is 22.0. The van der Waals surface area contributed by atoms with Gasteiger partial charge < -0.3 is 9.47 Å². The summed E-state index contributed by atoms with van der Waals surface area (Å²) in [4.78, 5) is 12.2. The number of para-hydroxylation sites is 1. The van der Waals surface area contributed by atoms with Crippen LogP contribution in [0.25, 0.3) is 10.8 Å². The lowest BCUT2D eigenvalue weighted by Gasteiger charge is -2.12. The van der Waals surface area contributed by atoms with Gasteiger partial charge in [0, 0.05) is 5.56 Å². The second kappa shape index (κ2) is 10.4. The van der Waals surface area contributed by atoms with Gasteiger partial charge in [0.15, 0.2) is 6.61 Å². The molecule has 166 valence electrons. The first-order valence-electron chi connectivity index (χ1n) is 10.5. The molecule has 0 radical (unpaired) electrons. The Balaban J connectivity index is 1.47. The average molecular weight is 442 g/mol. The van der Waals surface area contributed by atoms with E-state index in [-0.39, 0.29) is 24.9 Å². The van der Waals surface area contributed by atoms with E-state index in [4.69, 9.17) is 9.47 Å². The Morgan fingerprint density at radius 3 is 2.48 bits per heavy atom. The Labute approximate surface area is 191 Å². The first-order valence-corrected chi connectivity index (χ1v) is 10.5. The first-order chi connectivity index (χ1) is 16.1. The maximum atomic E-state index is 13.2. The number of halogens is 1. The molecule has 0 aromatic heterocycles. The van der Waals surface area contributed by atoms with Crippen molar-refractivity contribution in [2.75, 3.05) is 6.61 Å². The summed E-state index contributed by atoms with van der Waals surface area (Å²) in [6.07, 6.45) is 1.56. The van der Waals surface area contributed by atoms with Gasteiger partial charge in [-0.05, 0) is 53.1 Å². The second-order valence-electron chi connectivity index (χ2n) is 7.46. The number of carbonyl (C=O) groups excluding carboxylic acids is 1. The van der Waals surface area contributed by atoms with Crippen LogP contribution >= 0.6 is 0 Å². The summed E-state index contributed by atoms with van der Waals surface area (Å²) in [6, 6.07) is 25.3. The van der Waals surface area contributed by atoms with Gasteiger partial charge in [0.1, 0.15) is 23.9 Å². The molecule has 0 fully saturated rings. The van der Waals surface area contributed by atoms with Crippen LogP contribution in [0.5, 0.6) is 11.5 Å². The molecule has 5 nitrogen and oxygen atoms in total. The number of carbonyl (C=O) groups is 1. The molecule has 0 unspecified atom stereocenters. The lowest BCUT2D eigenvalue weighted by Crippen LogP contribution is -2.24. The maximum Gasteiger partial charge on any atom is 0.277 e. The van der Waals surface area contributed by atoms with Crippen LogP contribution in [0.2, 0.25) is 0 Å². The second-order valence-corrected chi connectivity index (χ2v) is 7.46. The molecule has 0 spiro atoms. The quantitative estimate of drug-likeness (QED) is 0.294. The van der Waals surface area contributed by atoms with Crippen LogP contribution in [-0.2, 0) is 11.4 Å². The molecular formula is C27H23FN2O3. The minimum atomic E-state index is -0.372. The summed E-state index contributed by atoms with van der Waals surface area (Å²) in [6.45, 7) is 2.04. The summed E-state index contributed by atoms with van der Waals surface area (Å²) >= 11 is 0. The van der Waals surface area contributed by atoms with Crippen LogP contribution in [0.3, 0.4) is 0 Å². The van der Waals surface area contributed by atoms with Gasteiger partial charge in [0.05, 0.1) is 6.21 Å². The highest BCUT2D eigenvalue weighted by molar-refractivity contribution is 6.02. The molecule has 4 aromatic carbocycles. The number of hydrogen-bond acceptors (Lipinski definition) is 4. The molecule has 0 aliphatic rings. The van der Waals surface area contributed by atoms with Gasteiger partial charge in [0.2, 0.25) is 0 Å². The number of rotatable bonds is 8. The molecule has 33 heavy (non-hydrogen) atoms. The molecule has 0 aliphatic carbocycles. The maximum absolute atomic E-state index is 13.2. The molecule has 4 aromatic rings. The summed E-state index contributed by atoms with van der Waals surface area (Å²) in [5.41, 5.74) is 5.03. The fourth-order valence-electron chi connectivity index (χ4n) is 3.34. The lowest BCUT2D eigenvalue weighted by atomic mass is 10.0. The van der Waals surface area contributed by atoms with Crippen LogP contribution in [0.4, 0.5) is 4.39 Å². The van der Waals surface area contributed by atoms with E-state index in [1.165, 1.54) is 12.1 Å². The minimum Gasteiger partial charge on any atom is -0.488 e. The predicted octanol–water partition coefficient (Wildman–Crippen LogP) is 5.40. The van der Waals surface area contributed by atoms with Crippen molar-refractivity contribution in [3.63, 3.8) is 0 Å². The molecule has 0 bridgehead atoms. The zero-order chi connectivity index (χ0) is 23.0. The van der Waals surface area contributed by atoms with Gasteiger partial charge in [-0.1, -0.05) is 60.7 Å². The average Bonchev–Trinajstić information content (AvgIpc) is 2.84. The molecular weight excluding hydrogens is 419 g/mol.